The summed E-state index contributed by atoms with van der Waals surface area (Å²) >= 11 is 1.82. The van der Waals surface area contributed by atoms with Crippen molar-refractivity contribution in [2.24, 2.45) is 5.92 Å². The third-order valence-electron chi connectivity index (χ3n) is 4.63. The average molecular weight is 330 g/mol. The minimum absolute atomic E-state index is 0.371. The third-order valence-corrected chi connectivity index (χ3v) is 5.51. The molecule has 124 valence electrons. The zero-order valence-corrected chi connectivity index (χ0v) is 14.3. The van der Waals surface area contributed by atoms with Crippen LogP contribution in [-0.4, -0.2) is 36.2 Å². The molecule has 2 N–H and O–H groups in total. The number of rotatable bonds is 7. The second-order valence-corrected chi connectivity index (χ2v) is 7.41. The quantitative estimate of drug-likeness (QED) is 0.818. The molecule has 0 saturated carbocycles. The molecule has 0 amide bonds. The van der Waals surface area contributed by atoms with Gasteiger partial charge in [0, 0.05) is 18.0 Å². The third kappa shape index (κ3) is 5.15. The number of nitrogens with one attached hydrogen (secondary N) is 1. The van der Waals surface area contributed by atoms with Gasteiger partial charge in [-0.15, -0.1) is 11.3 Å². The molecule has 1 aromatic heterocycles. The Balaban J connectivity index is 1.35. The molecule has 1 saturated heterocycles. The van der Waals surface area contributed by atoms with Gasteiger partial charge >= 0.3 is 0 Å². The molecule has 2 aromatic rings. The van der Waals surface area contributed by atoms with E-state index in [2.05, 4.69) is 27.7 Å². The van der Waals surface area contributed by atoms with Gasteiger partial charge in [-0.1, -0.05) is 36.4 Å². The number of thiophene rings is 1. The van der Waals surface area contributed by atoms with Crippen LogP contribution in [0.3, 0.4) is 0 Å². The van der Waals surface area contributed by atoms with Gasteiger partial charge in [0.15, 0.2) is 0 Å². The van der Waals surface area contributed by atoms with Gasteiger partial charge in [-0.3, -0.25) is 0 Å². The minimum atomic E-state index is -0.371. The number of benzene rings is 1. The van der Waals surface area contributed by atoms with Gasteiger partial charge < -0.3 is 15.3 Å². The van der Waals surface area contributed by atoms with Crippen molar-refractivity contribution in [3.63, 3.8) is 0 Å². The van der Waals surface area contributed by atoms with E-state index >= 15 is 0 Å². The van der Waals surface area contributed by atoms with Crippen LogP contribution in [-0.2, 0) is 6.54 Å². The Hall–Kier alpha value is -1.20. The Labute approximate surface area is 143 Å². The van der Waals surface area contributed by atoms with Crippen LogP contribution < -0.4 is 5.32 Å². The van der Waals surface area contributed by atoms with Crippen LogP contribution in [0.5, 0.6) is 0 Å². The van der Waals surface area contributed by atoms with Crippen molar-refractivity contribution in [1.82, 2.24) is 10.2 Å². The van der Waals surface area contributed by atoms with E-state index in [0.29, 0.717) is 0 Å². The molecule has 1 aromatic carbocycles. The number of β-amino-alcohol motifs (C(OH)–C–C–N with tert-alkyl or cyclic N) is 1. The molecule has 0 aliphatic carbocycles. The molecule has 2 heterocycles. The number of aliphatic hydroxyl groups excluding tert-OH is 1. The van der Waals surface area contributed by atoms with Gasteiger partial charge in [0.2, 0.25) is 0 Å². The van der Waals surface area contributed by atoms with Crippen LogP contribution in [0.25, 0.3) is 0 Å². The summed E-state index contributed by atoms with van der Waals surface area (Å²) in [7, 11) is 0. The number of nitrogens with zero attached hydrogens (tertiary/aromatic N) is 1. The van der Waals surface area contributed by atoms with E-state index in [4.69, 9.17) is 0 Å². The molecule has 0 spiro atoms. The lowest BCUT2D eigenvalue weighted by Crippen LogP contribution is -2.39. The standard InChI is InChI=1S/C19H26N2OS/c22-19(17-5-2-1-3-6-17)15-21-10-8-16(9-11-21)13-20-14-18-7-4-12-23-18/h1-7,12,16,19-20,22H,8-11,13-15H2. The lowest BCUT2D eigenvalue weighted by molar-refractivity contribution is 0.0891. The maximum absolute atomic E-state index is 10.3. The van der Waals surface area contributed by atoms with Crippen LogP contribution in [0.2, 0.25) is 0 Å². The normalized spacial score (nSPS) is 18.1. The fourth-order valence-electron chi connectivity index (χ4n) is 3.21. The predicted molar refractivity (Wildman–Crippen MR) is 96.6 cm³/mol. The van der Waals surface area contributed by atoms with Gasteiger partial charge in [-0.25, -0.2) is 0 Å². The van der Waals surface area contributed by atoms with Crippen molar-refractivity contribution >= 4 is 11.3 Å². The summed E-state index contributed by atoms with van der Waals surface area (Å²) in [4.78, 5) is 3.81. The average Bonchev–Trinajstić information content (AvgIpc) is 3.11. The van der Waals surface area contributed by atoms with E-state index in [1.165, 1.54) is 17.7 Å². The van der Waals surface area contributed by atoms with E-state index in [1.54, 1.807) is 0 Å². The molecule has 23 heavy (non-hydrogen) atoms. The predicted octanol–water partition coefficient (Wildman–Crippen LogP) is 3.28. The second kappa shape index (κ2) is 8.60. The highest BCUT2D eigenvalue weighted by Gasteiger charge is 2.21. The molecule has 1 fully saturated rings. The summed E-state index contributed by atoms with van der Waals surface area (Å²) in [6.07, 6.45) is 2.07. The number of piperidine rings is 1. The zero-order chi connectivity index (χ0) is 15.9. The molecular formula is C19H26N2OS. The summed E-state index contributed by atoms with van der Waals surface area (Å²) in [5.74, 6) is 0.764. The molecular weight excluding hydrogens is 304 g/mol. The molecule has 3 rings (SSSR count). The second-order valence-electron chi connectivity index (χ2n) is 6.38. The van der Waals surface area contributed by atoms with Gasteiger partial charge in [-0.2, -0.15) is 0 Å². The lowest BCUT2D eigenvalue weighted by Gasteiger charge is -2.33. The van der Waals surface area contributed by atoms with Crippen molar-refractivity contribution < 1.29 is 5.11 Å². The summed E-state index contributed by atoms with van der Waals surface area (Å²) < 4.78 is 0. The molecule has 0 radical (unpaired) electrons. The van der Waals surface area contributed by atoms with Gasteiger partial charge in [-0.05, 0) is 55.4 Å². The molecule has 1 unspecified atom stereocenters. The first-order valence-corrected chi connectivity index (χ1v) is 9.37. The number of likely N-dealkylation sites (tertiary alicyclic amines) is 1. The molecule has 0 bridgehead atoms. The Morgan fingerprint density at radius 2 is 1.91 bits per heavy atom. The van der Waals surface area contributed by atoms with E-state index in [9.17, 15) is 5.11 Å². The molecule has 1 aliphatic heterocycles. The van der Waals surface area contributed by atoms with Crippen LogP contribution in [0, 0.1) is 5.92 Å². The first kappa shape index (κ1) is 16.7. The summed E-state index contributed by atoms with van der Waals surface area (Å²) in [6, 6.07) is 14.3. The molecule has 3 nitrogen and oxygen atoms in total. The Bertz CT molecular complexity index is 550. The number of aliphatic hydroxyl groups is 1. The fourth-order valence-corrected chi connectivity index (χ4v) is 3.89. The van der Waals surface area contributed by atoms with Crippen LogP contribution >= 0.6 is 11.3 Å². The van der Waals surface area contributed by atoms with Gasteiger partial charge in [0.05, 0.1) is 6.10 Å². The minimum Gasteiger partial charge on any atom is -0.387 e. The number of hydrogen-bond donors (Lipinski definition) is 2. The first-order valence-electron chi connectivity index (χ1n) is 8.50. The highest BCUT2D eigenvalue weighted by atomic mass is 32.1. The maximum Gasteiger partial charge on any atom is 0.0916 e. The van der Waals surface area contributed by atoms with Gasteiger partial charge in [0.1, 0.15) is 0 Å². The Morgan fingerprint density at radius 3 is 2.61 bits per heavy atom. The van der Waals surface area contributed by atoms with Crippen LogP contribution in [0.1, 0.15) is 29.4 Å². The van der Waals surface area contributed by atoms with Crippen molar-refractivity contribution in [2.45, 2.75) is 25.5 Å². The molecule has 4 heteroatoms. The summed E-state index contributed by atoms with van der Waals surface area (Å²) in [5, 5.41) is 16.0. The lowest BCUT2D eigenvalue weighted by atomic mass is 9.96. The topological polar surface area (TPSA) is 35.5 Å². The van der Waals surface area contributed by atoms with Crippen LogP contribution in [0.4, 0.5) is 0 Å². The van der Waals surface area contributed by atoms with E-state index in [0.717, 1.165) is 44.2 Å². The monoisotopic (exact) mass is 330 g/mol. The van der Waals surface area contributed by atoms with Crippen LogP contribution in [0.15, 0.2) is 47.8 Å². The highest BCUT2D eigenvalue weighted by Crippen LogP contribution is 2.20. The van der Waals surface area contributed by atoms with Gasteiger partial charge in [0.25, 0.3) is 0 Å². The smallest absolute Gasteiger partial charge is 0.0916 e. The Kier molecular flexibility index (Phi) is 6.22. The van der Waals surface area contributed by atoms with Crippen molar-refractivity contribution in [2.75, 3.05) is 26.2 Å². The van der Waals surface area contributed by atoms with Crippen molar-refractivity contribution in [3.05, 3.63) is 58.3 Å². The highest BCUT2D eigenvalue weighted by molar-refractivity contribution is 7.09. The summed E-state index contributed by atoms with van der Waals surface area (Å²) in [6.45, 7) is 5.03. The SMILES string of the molecule is OC(CN1CCC(CNCc2cccs2)CC1)c1ccccc1. The molecule has 1 aliphatic rings. The maximum atomic E-state index is 10.3. The van der Waals surface area contributed by atoms with Crippen molar-refractivity contribution in [3.8, 4) is 0 Å². The van der Waals surface area contributed by atoms with E-state index in [1.807, 2.05) is 41.7 Å². The van der Waals surface area contributed by atoms with Crippen molar-refractivity contribution in [1.29, 1.82) is 0 Å². The number of hydrogen-bond acceptors (Lipinski definition) is 4. The largest absolute Gasteiger partial charge is 0.387 e. The Morgan fingerprint density at radius 1 is 1.13 bits per heavy atom. The van der Waals surface area contributed by atoms with E-state index < -0.39 is 0 Å². The fraction of sp³-hybridized carbons (Fsp3) is 0.474. The zero-order valence-electron chi connectivity index (χ0n) is 13.5. The summed E-state index contributed by atoms with van der Waals surface area (Å²) in [5.41, 5.74) is 1.02. The molecule has 1 atom stereocenters. The first-order chi connectivity index (χ1) is 11.3. The van der Waals surface area contributed by atoms with E-state index in [-0.39, 0.29) is 6.10 Å².